The fourth-order valence-corrected chi connectivity index (χ4v) is 2.22. The van der Waals surface area contributed by atoms with E-state index in [1.165, 1.54) is 24.8 Å². The van der Waals surface area contributed by atoms with E-state index in [0.717, 1.165) is 18.0 Å². The largest absolute Gasteiger partial charge is 0.369 e. The van der Waals surface area contributed by atoms with Gasteiger partial charge in [-0.15, -0.1) is 0 Å². The quantitative estimate of drug-likeness (QED) is 0.810. The van der Waals surface area contributed by atoms with Gasteiger partial charge >= 0.3 is 0 Å². The van der Waals surface area contributed by atoms with Crippen molar-refractivity contribution in [1.29, 1.82) is 0 Å². The second kappa shape index (κ2) is 3.26. The molecule has 1 fully saturated rings. The zero-order valence-corrected chi connectivity index (χ0v) is 8.69. The third kappa shape index (κ3) is 1.39. The summed E-state index contributed by atoms with van der Waals surface area (Å²) in [6.45, 7) is 1.03. The first-order valence-corrected chi connectivity index (χ1v) is 5.55. The molecule has 3 heteroatoms. The second-order valence-corrected chi connectivity index (χ2v) is 4.37. The summed E-state index contributed by atoms with van der Waals surface area (Å²) in [5, 5.41) is 0. The molecule has 1 aromatic carbocycles. The summed E-state index contributed by atoms with van der Waals surface area (Å²) in [5.41, 5.74) is 8.11. The van der Waals surface area contributed by atoms with Crippen LogP contribution in [0.5, 0.6) is 0 Å². The lowest BCUT2D eigenvalue weighted by Gasteiger charge is -2.26. The highest BCUT2D eigenvalue weighted by atomic mass is 15.2. The Hall–Kier alpha value is -1.51. The van der Waals surface area contributed by atoms with E-state index in [1.807, 2.05) is 18.2 Å². The van der Waals surface area contributed by atoms with E-state index in [2.05, 4.69) is 15.6 Å². The highest BCUT2D eigenvalue weighted by Crippen LogP contribution is 2.30. The molecule has 1 aromatic heterocycles. The van der Waals surface area contributed by atoms with Gasteiger partial charge in [-0.25, -0.2) is 4.98 Å². The van der Waals surface area contributed by atoms with Crippen molar-refractivity contribution < 1.29 is 0 Å². The van der Waals surface area contributed by atoms with Crippen molar-refractivity contribution in [2.45, 2.75) is 25.8 Å². The minimum absolute atomic E-state index is 0.656. The van der Waals surface area contributed by atoms with Crippen LogP contribution < -0.4 is 5.73 Å². The lowest BCUT2D eigenvalue weighted by atomic mass is 9.85. The third-order valence-corrected chi connectivity index (χ3v) is 3.35. The van der Waals surface area contributed by atoms with Crippen LogP contribution in [0.2, 0.25) is 0 Å². The Balaban J connectivity index is 2.03. The molecule has 1 heterocycles. The first-order chi connectivity index (χ1) is 7.34. The number of hydrogen-bond donors (Lipinski definition) is 1. The van der Waals surface area contributed by atoms with Crippen LogP contribution >= 0.6 is 0 Å². The summed E-state index contributed by atoms with van der Waals surface area (Å²) in [7, 11) is 0. The molecule has 0 unspecified atom stereocenters. The molecule has 0 amide bonds. The first-order valence-electron chi connectivity index (χ1n) is 5.55. The number of imidazole rings is 1. The molecule has 0 radical (unpaired) electrons. The third-order valence-electron chi connectivity index (χ3n) is 3.35. The summed E-state index contributed by atoms with van der Waals surface area (Å²) >= 11 is 0. The van der Waals surface area contributed by atoms with Crippen LogP contribution in [-0.2, 0) is 6.54 Å². The van der Waals surface area contributed by atoms with Crippen LogP contribution in [0.15, 0.2) is 24.3 Å². The maximum atomic E-state index is 5.93. The number of nitrogens with zero attached hydrogens (tertiary/aromatic N) is 2. The van der Waals surface area contributed by atoms with Gasteiger partial charge in [0.25, 0.3) is 0 Å². The van der Waals surface area contributed by atoms with Crippen molar-refractivity contribution in [2.24, 2.45) is 5.92 Å². The number of rotatable bonds is 2. The highest BCUT2D eigenvalue weighted by molar-refractivity contribution is 5.78. The molecule has 15 heavy (non-hydrogen) atoms. The Morgan fingerprint density at radius 1 is 1.33 bits per heavy atom. The molecule has 0 spiro atoms. The molecule has 1 aliphatic carbocycles. The van der Waals surface area contributed by atoms with Crippen LogP contribution in [0, 0.1) is 5.92 Å². The summed E-state index contributed by atoms with van der Waals surface area (Å²) in [6.07, 6.45) is 4.05. The minimum atomic E-state index is 0.656. The lowest BCUT2D eigenvalue weighted by molar-refractivity contribution is 0.281. The Kier molecular flexibility index (Phi) is 1.91. The number of fused-ring (bicyclic) bond motifs is 1. The van der Waals surface area contributed by atoms with Crippen molar-refractivity contribution in [1.82, 2.24) is 9.55 Å². The molecule has 0 aliphatic heterocycles. The number of para-hydroxylation sites is 2. The Morgan fingerprint density at radius 2 is 2.13 bits per heavy atom. The highest BCUT2D eigenvalue weighted by Gasteiger charge is 2.19. The smallest absolute Gasteiger partial charge is 0.201 e. The van der Waals surface area contributed by atoms with Gasteiger partial charge in [-0.05, 0) is 30.9 Å². The average Bonchev–Trinajstić information content (AvgIpc) is 2.48. The van der Waals surface area contributed by atoms with Crippen LogP contribution in [0.25, 0.3) is 11.0 Å². The minimum Gasteiger partial charge on any atom is -0.369 e. The average molecular weight is 201 g/mol. The molecule has 0 bridgehead atoms. The number of benzene rings is 1. The maximum absolute atomic E-state index is 5.93. The van der Waals surface area contributed by atoms with E-state index in [9.17, 15) is 0 Å². The number of nitrogens with two attached hydrogens (primary N) is 1. The van der Waals surface area contributed by atoms with Gasteiger partial charge in [0.05, 0.1) is 11.0 Å². The molecule has 2 aromatic rings. The SMILES string of the molecule is Nc1nc2ccccc2n1CC1CCC1. The predicted molar refractivity (Wildman–Crippen MR) is 61.5 cm³/mol. The van der Waals surface area contributed by atoms with Crippen molar-refractivity contribution in [3.8, 4) is 0 Å². The molecule has 3 nitrogen and oxygen atoms in total. The van der Waals surface area contributed by atoms with Crippen molar-refractivity contribution in [3.63, 3.8) is 0 Å². The van der Waals surface area contributed by atoms with Crippen LogP contribution in [0.3, 0.4) is 0 Å². The van der Waals surface area contributed by atoms with Crippen LogP contribution in [0.4, 0.5) is 5.95 Å². The van der Waals surface area contributed by atoms with E-state index >= 15 is 0 Å². The fraction of sp³-hybridized carbons (Fsp3) is 0.417. The monoisotopic (exact) mass is 201 g/mol. The molecule has 1 saturated carbocycles. The molecule has 78 valence electrons. The number of anilines is 1. The van der Waals surface area contributed by atoms with Gasteiger partial charge in [0.15, 0.2) is 0 Å². The fourth-order valence-electron chi connectivity index (χ4n) is 2.22. The predicted octanol–water partition coefficient (Wildman–Crippen LogP) is 2.42. The van der Waals surface area contributed by atoms with Crippen molar-refractivity contribution in [2.75, 3.05) is 5.73 Å². The molecule has 2 N–H and O–H groups in total. The van der Waals surface area contributed by atoms with Gasteiger partial charge in [-0.1, -0.05) is 18.6 Å². The topological polar surface area (TPSA) is 43.8 Å². The molecule has 3 rings (SSSR count). The van der Waals surface area contributed by atoms with Gasteiger partial charge in [0.2, 0.25) is 5.95 Å². The molecular weight excluding hydrogens is 186 g/mol. The van der Waals surface area contributed by atoms with Gasteiger partial charge in [0.1, 0.15) is 0 Å². The van der Waals surface area contributed by atoms with Gasteiger partial charge in [-0.3, -0.25) is 0 Å². The summed E-state index contributed by atoms with van der Waals surface area (Å²) in [5.74, 6) is 1.47. The summed E-state index contributed by atoms with van der Waals surface area (Å²) in [6, 6.07) is 8.16. The van der Waals surface area contributed by atoms with E-state index in [4.69, 9.17) is 5.73 Å². The van der Waals surface area contributed by atoms with Gasteiger partial charge < -0.3 is 10.3 Å². The van der Waals surface area contributed by atoms with Gasteiger partial charge in [0, 0.05) is 6.54 Å². The van der Waals surface area contributed by atoms with Crippen LogP contribution in [-0.4, -0.2) is 9.55 Å². The maximum Gasteiger partial charge on any atom is 0.201 e. The molecule has 0 saturated heterocycles. The van der Waals surface area contributed by atoms with E-state index in [-0.39, 0.29) is 0 Å². The Morgan fingerprint density at radius 3 is 2.87 bits per heavy atom. The standard InChI is InChI=1S/C12H15N3/c13-12-14-10-6-1-2-7-11(10)15(12)8-9-4-3-5-9/h1-2,6-7,9H,3-5,8H2,(H2,13,14). The summed E-state index contributed by atoms with van der Waals surface area (Å²) in [4.78, 5) is 4.37. The van der Waals surface area contributed by atoms with Gasteiger partial charge in [-0.2, -0.15) is 0 Å². The van der Waals surface area contributed by atoms with Crippen molar-refractivity contribution >= 4 is 17.0 Å². The Labute approximate surface area is 88.9 Å². The number of nitrogen functional groups attached to an aromatic ring is 1. The second-order valence-electron chi connectivity index (χ2n) is 4.37. The van der Waals surface area contributed by atoms with E-state index in [1.54, 1.807) is 0 Å². The first kappa shape index (κ1) is 8.77. The van der Waals surface area contributed by atoms with E-state index < -0.39 is 0 Å². The van der Waals surface area contributed by atoms with Crippen LogP contribution in [0.1, 0.15) is 19.3 Å². The normalized spacial score (nSPS) is 16.8. The molecule has 0 atom stereocenters. The summed E-state index contributed by atoms with van der Waals surface area (Å²) < 4.78 is 2.15. The molecule has 1 aliphatic rings. The number of aromatic nitrogens is 2. The molecular formula is C12H15N3. The number of hydrogen-bond acceptors (Lipinski definition) is 2. The zero-order chi connectivity index (χ0) is 10.3. The lowest BCUT2D eigenvalue weighted by Crippen LogP contribution is -2.19. The van der Waals surface area contributed by atoms with Crippen molar-refractivity contribution in [3.05, 3.63) is 24.3 Å². The Bertz CT molecular complexity index is 483. The zero-order valence-electron chi connectivity index (χ0n) is 8.69. The van der Waals surface area contributed by atoms with E-state index in [0.29, 0.717) is 5.95 Å².